The van der Waals surface area contributed by atoms with Crippen molar-refractivity contribution < 1.29 is 14.3 Å². The standard InChI is InChI=1S/C9H15ClO3/c1-6(10)7(11)5-8(12)13-9(2,3)4/h6H,5H2,1-4H3. The predicted molar refractivity (Wildman–Crippen MR) is 50.8 cm³/mol. The number of carbonyl (C=O) groups excluding carboxylic acids is 2. The maximum Gasteiger partial charge on any atom is 0.313 e. The minimum atomic E-state index is -0.632. The Bertz CT molecular complexity index is 203. The van der Waals surface area contributed by atoms with Crippen molar-refractivity contribution in [1.82, 2.24) is 0 Å². The monoisotopic (exact) mass is 206 g/mol. The number of halogens is 1. The smallest absolute Gasteiger partial charge is 0.313 e. The van der Waals surface area contributed by atoms with E-state index in [0.717, 1.165) is 0 Å². The molecule has 0 heterocycles. The summed E-state index contributed by atoms with van der Waals surface area (Å²) in [4.78, 5) is 22.1. The van der Waals surface area contributed by atoms with Gasteiger partial charge in [0.25, 0.3) is 0 Å². The number of ether oxygens (including phenoxy) is 1. The van der Waals surface area contributed by atoms with Crippen LogP contribution in [0.15, 0.2) is 0 Å². The second-order valence-electron chi connectivity index (χ2n) is 3.85. The van der Waals surface area contributed by atoms with Gasteiger partial charge in [-0.25, -0.2) is 0 Å². The zero-order valence-corrected chi connectivity index (χ0v) is 9.14. The molecule has 0 N–H and O–H groups in total. The third kappa shape index (κ3) is 6.58. The molecule has 0 aliphatic rings. The van der Waals surface area contributed by atoms with Gasteiger partial charge in [-0.05, 0) is 27.7 Å². The molecule has 0 bridgehead atoms. The lowest BCUT2D eigenvalue weighted by Crippen LogP contribution is -2.26. The van der Waals surface area contributed by atoms with E-state index < -0.39 is 16.9 Å². The molecule has 0 saturated heterocycles. The van der Waals surface area contributed by atoms with Crippen LogP contribution in [0.3, 0.4) is 0 Å². The van der Waals surface area contributed by atoms with Gasteiger partial charge in [-0.1, -0.05) is 0 Å². The molecule has 13 heavy (non-hydrogen) atoms. The van der Waals surface area contributed by atoms with Crippen LogP contribution >= 0.6 is 11.6 Å². The molecule has 0 aromatic rings. The van der Waals surface area contributed by atoms with E-state index in [1.165, 1.54) is 6.92 Å². The van der Waals surface area contributed by atoms with E-state index in [9.17, 15) is 9.59 Å². The summed E-state index contributed by atoms with van der Waals surface area (Å²) in [5, 5.41) is -0.632. The van der Waals surface area contributed by atoms with Gasteiger partial charge in [-0.2, -0.15) is 0 Å². The Morgan fingerprint density at radius 2 is 1.85 bits per heavy atom. The minimum Gasteiger partial charge on any atom is -0.460 e. The van der Waals surface area contributed by atoms with Gasteiger partial charge in [0.2, 0.25) is 0 Å². The summed E-state index contributed by atoms with van der Waals surface area (Å²) in [5.74, 6) is -0.832. The fourth-order valence-corrected chi connectivity index (χ4v) is 0.738. The highest BCUT2D eigenvalue weighted by atomic mass is 35.5. The van der Waals surface area contributed by atoms with E-state index in [0.29, 0.717) is 0 Å². The summed E-state index contributed by atoms with van der Waals surface area (Å²) in [6.07, 6.45) is -0.248. The topological polar surface area (TPSA) is 43.4 Å². The summed E-state index contributed by atoms with van der Waals surface area (Å²) in [5.41, 5.74) is -0.549. The summed E-state index contributed by atoms with van der Waals surface area (Å²) in [7, 11) is 0. The first-order valence-corrected chi connectivity index (χ1v) is 4.54. The Balaban J connectivity index is 3.96. The van der Waals surface area contributed by atoms with Gasteiger partial charge in [0.1, 0.15) is 12.0 Å². The molecule has 0 rings (SSSR count). The first-order chi connectivity index (χ1) is 5.72. The number of hydrogen-bond acceptors (Lipinski definition) is 3. The van der Waals surface area contributed by atoms with Gasteiger partial charge in [0.05, 0.1) is 5.38 Å². The number of ketones is 1. The van der Waals surface area contributed by atoms with Crippen LogP contribution in [0, 0.1) is 0 Å². The van der Waals surface area contributed by atoms with Gasteiger partial charge in [-0.15, -0.1) is 11.6 Å². The fraction of sp³-hybridized carbons (Fsp3) is 0.778. The molecule has 0 aromatic carbocycles. The second kappa shape index (κ2) is 4.61. The van der Waals surface area contributed by atoms with Crippen molar-refractivity contribution in [2.24, 2.45) is 0 Å². The molecule has 1 atom stereocenters. The van der Waals surface area contributed by atoms with Crippen molar-refractivity contribution in [3.05, 3.63) is 0 Å². The van der Waals surface area contributed by atoms with E-state index in [1.54, 1.807) is 20.8 Å². The molecule has 0 amide bonds. The highest BCUT2D eigenvalue weighted by molar-refractivity contribution is 6.32. The van der Waals surface area contributed by atoms with Crippen molar-refractivity contribution >= 4 is 23.4 Å². The highest BCUT2D eigenvalue weighted by Crippen LogP contribution is 2.09. The van der Waals surface area contributed by atoms with Crippen LogP contribution in [-0.4, -0.2) is 22.7 Å². The van der Waals surface area contributed by atoms with Crippen LogP contribution < -0.4 is 0 Å². The van der Waals surface area contributed by atoms with Crippen LogP contribution in [0.1, 0.15) is 34.1 Å². The molecular formula is C9H15ClO3. The molecule has 0 saturated carbocycles. The second-order valence-corrected chi connectivity index (χ2v) is 4.50. The Morgan fingerprint density at radius 3 is 2.15 bits per heavy atom. The zero-order valence-electron chi connectivity index (χ0n) is 8.39. The fourth-order valence-electron chi connectivity index (χ4n) is 0.660. The third-order valence-electron chi connectivity index (χ3n) is 1.18. The van der Waals surface area contributed by atoms with Gasteiger partial charge in [0, 0.05) is 0 Å². The molecule has 0 fully saturated rings. The maximum atomic E-state index is 11.1. The minimum absolute atomic E-state index is 0.248. The molecule has 0 spiro atoms. The number of carbonyl (C=O) groups is 2. The molecule has 1 unspecified atom stereocenters. The molecular weight excluding hydrogens is 192 g/mol. The number of alkyl halides is 1. The van der Waals surface area contributed by atoms with E-state index in [-0.39, 0.29) is 12.2 Å². The summed E-state index contributed by atoms with van der Waals surface area (Å²) in [6.45, 7) is 6.78. The van der Waals surface area contributed by atoms with Crippen molar-refractivity contribution in [2.45, 2.75) is 45.1 Å². The van der Waals surface area contributed by atoms with Gasteiger partial charge in [0.15, 0.2) is 5.78 Å². The summed E-state index contributed by atoms with van der Waals surface area (Å²) in [6, 6.07) is 0. The normalized spacial score (nSPS) is 13.6. The lowest BCUT2D eigenvalue weighted by molar-refractivity contribution is -0.156. The zero-order chi connectivity index (χ0) is 10.6. The quantitative estimate of drug-likeness (QED) is 0.403. The van der Waals surface area contributed by atoms with Crippen LogP contribution in [0.4, 0.5) is 0 Å². The molecule has 0 radical (unpaired) electrons. The Hall–Kier alpha value is -0.570. The van der Waals surface area contributed by atoms with E-state index in [4.69, 9.17) is 16.3 Å². The number of hydrogen-bond donors (Lipinski definition) is 0. The van der Waals surface area contributed by atoms with Crippen molar-refractivity contribution in [3.8, 4) is 0 Å². The van der Waals surface area contributed by atoms with Gasteiger partial charge >= 0.3 is 5.97 Å². The first-order valence-electron chi connectivity index (χ1n) is 4.11. The lowest BCUT2D eigenvalue weighted by Gasteiger charge is -2.19. The first kappa shape index (κ1) is 12.4. The molecule has 4 heteroatoms. The largest absolute Gasteiger partial charge is 0.460 e. The highest BCUT2D eigenvalue weighted by Gasteiger charge is 2.20. The number of rotatable bonds is 3. The maximum absolute atomic E-state index is 11.1. The Morgan fingerprint density at radius 1 is 1.38 bits per heavy atom. The van der Waals surface area contributed by atoms with E-state index >= 15 is 0 Å². The molecule has 3 nitrogen and oxygen atoms in total. The van der Waals surface area contributed by atoms with Crippen molar-refractivity contribution in [2.75, 3.05) is 0 Å². The van der Waals surface area contributed by atoms with Crippen molar-refractivity contribution in [1.29, 1.82) is 0 Å². The Labute approximate surface area is 83.4 Å². The molecule has 0 aromatic heterocycles. The van der Waals surface area contributed by atoms with Crippen LogP contribution in [-0.2, 0) is 14.3 Å². The number of esters is 1. The average molecular weight is 207 g/mol. The predicted octanol–water partition coefficient (Wildman–Crippen LogP) is 1.91. The molecule has 0 aliphatic heterocycles. The summed E-state index contributed by atoms with van der Waals surface area (Å²) >= 11 is 5.49. The summed E-state index contributed by atoms with van der Waals surface area (Å²) < 4.78 is 4.94. The molecule has 76 valence electrons. The molecule has 0 aliphatic carbocycles. The van der Waals surface area contributed by atoms with Gasteiger partial charge in [-0.3, -0.25) is 9.59 Å². The SMILES string of the molecule is CC(Cl)C(=O)CC(=O)OC(C)(C)C. The van der Waals surface area contributed by atoms with Crippen LogP contribution in [0.25, 0.3) is 0 Å². The van der Waals surface area contributed by atoms with Crippen LogP contribution in [0.5, 0.6) is 0 Å². The number of Topliss-reactive ketones (excluding diaryl/α,β-unsaturated/α-hetero) is 1. The van der Waals surface area contributed by atoms with E-state index in [1.807, 2.05) is 0 Å². The van der Waals surface area contributed by atoms with Crippen LogP contribution in [0.2, 0.25) is 0 Å². The van der Waals surface area contributed by atoms with E-state index in [2.05, 4.69) is 0 Å². The Kier molecular flexibility index (Phi) is 4.40. The lowest BCUT2D eigenvalue weighted by atomic mass is 10.2. The van der Waals surface area contributed by atoms with Crippen molar-refractivity contribution in [3.63, 3.8) is 0 Å². The average Bonchev–Trinajstić information content (AvgIpc) is 1.81. The third-order valence-corrected chi connectivity index (χ3v) is 1.43. The van der Waals surface area contributed by atoms with Gasteiger partial charge < -0.3 is 4.74 Å².